The van der Waals surface area contributed by atoms with Crippen molar-refractivity contribution in [1.29, 1.82) is 0 Å². The topological polar surface area (TPSA) is 44.4 Å². The molecule has 2 N–H and O–H groups in total. The molecule has 4 rings (SSSR count). The number of hydrogen-bond acceptors (Lipinski definition) is 2. The minimum atomic E-state index is -0.0452. The molecule has 1 aromatic carbocycles. The van der Waals surface area contributed by atoms with Crippen molar-refractivity contribution in [2.24, 2.45) is 11.8 Å². The molecule has 19 heavy (non-hydrogen) atoms. The highest BCUT2D eigenvalue weighted by atomic mass is 16.2. The third kappa shape index (κ3) is 2.59. The highest BCUT2D eigenvalue weighted by molar-refractivity contribution is 5.74. The van der Waals surface area contributed by atoms with Crippen LogP contribution in [0.3, 0.4) is 0 Å². The number of nitrogens with zero attached hydrogens (tertiary/aromatic N) is 1. The number of piperidine rings is 2. The Morgan fingerprint density at radius 2 is 1.95 bits per heavy atom. The number of hydrogen-bond donors (Lipinski definition) is 2. The summed E-state index contributed by atoms with van der Waals surface area (Å²) in [6.45, 7) is 3.22. The van der Waals surface area contributed by atoms with E-state index in [1.54, 1.807) is 7.05 Å². The maximum atomic E-state index is 11.4. The summed E-state index contributed by atoms with van der Waals surface area (Å²) in [5.41, 5.74) is 1.37. The number of urea groups is 1. The van der Waals surface area contributed by atoms with Gasteiger partial charge in [-0.15, -0.1) is 0 Å². The van der Waals surface area contributed by atoms with Crippen molar-refractivity contribution >= 4 is 6.03 Å². The predicted octanol–water partition coefficient (Wildman–Crippen LogP) is 1.44. The van der Waals surface area contributed by atoms with Gasteiger partial charge in [0.05, 0.1) is 0 Å². The van der Waals surface area contributed by atoms with Crippen LogP contribution in [0.5, 0.6) is 0 Å². The van der Waals surface area contributed by atoms with E-state index >= 15 is 0 Å². The van der Waals surface area contributed by atoms with Gasteiger partial charge in [-0.1, -0.05) is 30.3 Å². The highest BCUT2D eigenvalue weighted by Gasteiger charge is 2.47. The van der Waals surface area contributed by atoms with E-state index in [9.17, 15) is 4.79 Å². The average molecular weight is 259 g/mol. The van der Waals surface area contributed by atoms with Crippen LogP contribution in [-0.2, 0) is 6.54 Å². The SMILES string of the molecule is CNC(=O)NC1C2CC1CN(Cc1ccccc1)C2. The Bertz CT molecular complexity index is 436. The first-order valence-electron chi connectivity index (χ1n) is 7.01. The molecule has 1 aliphatic carbocycles. The molecule has 2 saturated heterocycles. The van der Waals surface area contributed by atoms with Gasteiger partial charge >= 0.3 is 6.03 Å². The standard InChI is InChI=1S/C15H21N3O/c1-16-15(19)17-14-12-7-13(14)10-18(9-12)8-11-5-3-2-4-6-11/h2-6,12-14H,7-10H2,1H3,(H2,16,17,19). The molecule has 4 nitrogen and oxygen atoms in total. The van der Waals surface area contributed by atoms with Crippen LogP contribution in [0.1, 0.15) is 12.0 Å². The summed E-state index contributed by atoms with van der Waals surface area (Å²) < 4.78 is 0. The quantitative estimate of drug-likeness (QED) is 0.862. The summed E-state index contributed by atoms with van der Waals surface area (Å²) in [7, 11) is 1.67. The van der Waals surface area contributed by atoms with E-state index in [1.165, 1.54) is 12.0 Å². The molecule has 102 valence electrons. The van der Waals surface area contributed by atoms with E-state index in [0.717, 1.165) is 19.6 Å². The van der Waals surface area contributed by atoms with Crippen molar-refractivity contribution in [3.05, 3.63) is 35.9 Å². The molecular weight excluding hydrogens is 238 g/mol. The van der Waals surface area contributed by atoms with Crippen molar-refractivity contribution in [2.45, 2.75) is 19.0 Å². The fraction of sp³-hybridized carbons (Fsp3) is 0.533. The summed E-state index contributed by atoms with van der Waals surface area (Å²) in [5, 5.41) is 5.72. The van der Waals surface area contributed by atoms with Gasteiger partial charge < -0.3 is 10.6 Å². The summed E-state index contributed by atoms with van der Waals surface area (Å²) >= 11 is 0. The lowest BCUT2D eigenvalue weighted by Gasteiger charge is -2.53. The lowest BCUT2D eigenvalue weighted by Crippen LogP contribution is -2.64. The molecule has 2 heterocycles. The first kappa shape index (κ1) is 12.5. The second-order valence-electron chi connectivity index (χ2n) is 5.68. The van der Waals surface area contributed by atoms with Gasteiger partial charge in [0.2, 0.25) is 0 Å². The van der Waals surface area contributed by atoms with Gasteiger partial charge in [0.15, 0.2) is 0 Å². The second kappa shape index (κ2) is 5.21. The first-order chi connectivity index (χ1) is 9.26. The largest absolute Gasteiger partial charge is 0.341 e. The van der Waals surface area contributed by atoms with Crippen molar-refractivity contribution in [3.8, 4) is 0 Å². The first-order valence-corrected chi connectivity index (χ1v) is 7.01. The Balaban J connectivity index is 1.54. The van der Waals surface area contributed by atoms with Gasteiger partial charge in [-0.3, -0.25) is 4.90 Å². The minimum absolute atomic E-state index is 0.0452. The van der Waals surface area contributed by atoms with Crippen LogP contribution in [0, 0.1) is 11.8 Å². The number of amides is 2. The van der Waals surface area contributed by atoms with E-state index < -0.39 is 0 Å². The summed E-state index contributed by atoms with van der Waals surface area (Å²) in [6, 6.07) is 10.9. The predicted molar refractivity (Wildman–Crippen MR) is 74.7 cm³/mol. The molecule has 1 saturated carbocycles. The van der Waals surface area contributed by atoms with Crippen LogP contribution in [0.2, 0.25) is 0 Å². The van der Waals surface area contributed by atoms with Crippen LogP contribution < -0.4 is 10.6 Å². The Morgan fingerprint density at radius 1 is 1.26 bits per heavy atom. The van der Waals surface area contributed by atoms with Gasteiger partial charge in [0.25, 0.3) is 0 Å². The number of carbonyl (C=O) groups excluding carboxylic acids is 1. The normalized spacial score (nSPS) is 29.4. The minimum Gasteiger partial charge on any atom is -0.341 e. The van der Waals surface area contributed by atoms with Crippen LogP contribution in [0.4, 0.5) is 4.79 Å². The van der Waals surface area contributed by atoms with Gasteiger partial charge in [0.1, 0.15) is 0 Å². The monoisotopic (exact) mass is 259 g/mol. The Hall–Kier alpha value is -1.55. The molecule has 2 unspecified atom stereocenters. The molecule has 2 aliphatic heterocycles. The number of rotatable bonds is 3. The molecule has 0 radical (unpaired) electrons. The zero-order valence-corrected chi connectivity index (χ0v) is 11.3. The van der Waals surface area contributed by atoms with Gasteiger partial charge in [-0.05, 0) is 23.8 Å². The van der Waals surface area contributed by atoms with E-state index in [4.69, 9.17) is 0 Å². The van der Waals surface area contributed by atoms with Gasteiger partial charge in [-0.25, -0.2) is 4.79 Å². The lowest BCUT2D eigenvalue weighted by atomic mass is 9.66. The van der Waals surface area contributed by atoms with Crippen LogP contribution >= 0.6 is 0 Å². The molecular formula is C15H21N3O. The van der Waals surface area contributed by atoms with E-state index in [2.05, 4.69) is 45.9 Å². The molecule has 1 aromatic rings. The number of benzene rings is 1. The maximum absolute atomic E-state index is 11.4. The van der Waals surface area contributed by atoms with Crippen LogP contribution in [0.25, 0.3) is 0 Å². The molecule has 2 atom stereocenters. The zero-order valence-electron chi connectivity index (χ0n) is 11.3. The van der Waals surface area contributed by atoms with E-state index in [1.807, 2.05) is 0 Å². The van der Waals surface area contributed by atoms with Gasteiger partial charge in [-0.2, -0.15) is 0 Å². The Morgan fingerprint density at radius 3 is 2.58 bits per heavy atom. The molecule has 2 bridgehead atoms. The fourth-order valence-electron chi connectivity index (χ4n) is 3.42. The summed E-state index contributed by atoms with van der Waals surface area (Å²) in [5.74, 6) is 1.25. The third-order valence-electron chi connectivity index (χ3n) is 4.38. The van der Waals surface area contributed by atoms with Crippen molar-refractivity contribution < 1.29 is 4.79 Å². The number of fused-ring (bicyclic) bond motifs is 2. The van der Waals surface area contributed by atoms with Crippen LogP contribution in [-0.4, -0.2) is 37.1 Å². The molecule has 0 aromatic heterocycles. The third-order valence-corrected chi connectivity index (χ3v) is 4.38. The zero-order chi connectivity index (χ0) is 13.2. The highest BCUT2D eigenvalue weighted by Crippen LogP contribution is 2.40. The lowest BCUT2D eigenvalue weighted by molar-refractivity contribution is -0.0132. The Kier molecular flexibility index (Phi) is 3.42. The van der Waals surface area contributed by atoms with Crippen molar-refractivity contribution in [1.82, 2.24) is 15.5 Å². The molecule has 0 spiro atoms. The smallest absolute Gasteiger partial charge is 0.314 e. The van der Waals surface area contributed by atoms with Crippen molar-refractivity contribution in [2.75, 3.05) is 20.1 Å². The summed E-state index contributed by atoms with van der Waals surface area (Å²) in [6.07, 6.45) is 1.26. The van der Waals surface area contributed by atoms with Crippen LogP contribution in [0.15, 0.2) is 30.3 Å². The van der Waals surface area contributed by atoms with Gasteiger partial charge in [0, 0.05) is 32.7 Å². The molecule has 2 amide bonds. The van der Waals surface area contributed by atoms with Crippen molar-refractivity contribution in [3.63, 3.8) is 0 Å². The molecule has 3 fully saturated rings. The average Bonchev–Trinajstić information content (AvgIpc) is 2.45. The molecule has 4 heteroatoms. The maximum Gasteiger partial charge on any atom is 0.314 e. The fourth-order valence-corrected chi connectivity index (χ4v) is 3.42. The van der Waals surface area contributed by atoms with E-state index in [0.29, 0.717) is 17.9 Å². The Labute approximate surface area is 114 Å². The summed E-state index contributed by atoms with van der Waals surface area (Å²) in [4.78, 5) is 13.9. The van der Waals surface area contributed by atoms with E-state index in [-0.39, 0.29) is 6.03 Å². The number of carbonyl (C=O) groups is 1. The molecule has 3 aliphatic rings. The second-order valence-corrected chi connectivity index (χ2v) is 5.68. The number of nitrogens with one attached hydrogen (secondary N) is 2.